The van der Waals surface area contributed by atoms with Crippen molar-refractivity contribution in [1.82, 2.24) is 0 Å². The highest BCUT2D eigenvalue weighted by Crippen LogP contribution is 2.41. The van der Waals surface area contributed by atoms with Gasteiger partial charge < -0.3 is 4.74 Å². The first-order chi connectivity index (χ1) is 12.1. The number of unbranched alkanes of at least 4 members (excludes halogenated alkanes) is 4. The zero-order chi connectivity index (χ0) is 18.7. The van der Waals surface area contributed by atoms with Crippen LogP contribution in [0.3, 0.4) is 0 Å². The van der Waals surface area contributed by atoms with Crippen LogP contribution in [0.1, 0.15) is 70.7 Å². The molecular weight excluding hydrogens is 344 g/mol. The molecule has 0 fully saturated rings. The lowest BCUT2D eigenvalue weighted by Gasteiger charge is -2.34. The standard InChI is InChI=1S/C22H37ClOSi/c1-6-10-11-12-13-14-21(25(7-2,8-3)9-4)22(23)19-15-17-20(24-5)18-16-19/h14-18,22H,6-13H2,1-5H3/b21-14-. The molecule has 0 saturated heterocycles. The van der Waals surface area contributed by atoms with Gasteiger partial charge in [0.05, 0.1) is 20.6 Å². The maximum absolute atomic E-state index is 7.05. The number of ether oxygens (including phenoxy) is 1. The van der Waals surface area contributed by atoms with E-state index in [0.717, 1.165) is 5.75 Å². The summed E-state index contributed by atoms with van der Waals surface area (Å²) in [6, 6.07) is 12.1. The molecule has 25 heavy (non-hydrogen) atoms. The Balaban J connectivity index is 3.08. The van der Waals surface area contributed by atoms with Gasteiger partial charge >= 0.3 is 0 Å². The predicted molar refractivity (Wildman–Crippen MR) is 116 cm³/mol. The smallest absolute Gasteiger partial charge is 0.118 e. The highest BCUT2D eigenvalue weighted by molar-refractivity contribution is 6.87. The Labute approximate surface area is 161 Å². The lowest BCUT2D eigenvalue weighted by molar-refractivity contribution is 0.414. The molecule has 0 spiro atoms. The molecule has 1 rings (SSSR count). The molecule has 0 aliphatic carbocycles. The van der Waals surface area contributed by atoms with Crippen LogP contribution in [-0.4, -0.2) is 15.2 Å². The van der Waals surface area contributed by atoms with E-state index in [4.69, 9.17) is 16.3 Å². The van der Waals surface area contributed by atoms with Crippen LogP contribution in [0.2, 0.25) is 18.1 Å². The van der Waals surface area contributed by atoms with Crippen LogP contribution in [0.5, 0.6) is 5.75 Å². The fourth-order valence-electron chi connectivity index (χ4n) is 3.73. The fraction of sp³-hybridized carbons (Fsp3) is 0.636. The van der Waals surface area contributed by atoms with E-state index in [0.29, 0.717) is 0 Å². The number of halogens is 1. The van der Waals surface area contributed by atoms with E-state index in [1.165, 1.54) is 55.8 Å². The van der Waals surface area contributed by atoms with Crippen LogP contribution in [0.25, 0.3) is 0 Å². The Morgan fingerprint density at radius 2 is 1.60 bits per heavy atom. The van der Waals surface area contributed by atoms with E-state index in [-0.39, 0.29) is 5.38 Å². The molecule has 1 unspecified atom stereocenters. The summed E-state index contributed by atoms with van der Waals surface area (Å²) in [5.41, 5.74) is 1.20. The van der Waals surface area contributed by atoms with E-state index in [2.05, 4.69) is 45.9 Å². The monoisotopic (exact) mass is 380 g/mol. The van der Waals surface area contributed by atoms with Crippen molar-refractivity contribution in [2.75, 3.05) is 7.11 Å². The summed E-state index contributed by atoms with van der Waals surface area (Å²) < 4.78 is 5.29. The first kappa shape index (κ1) is 22.3. The summed E-state index contributed by atoms with van der Waals surface area (Å²) in [5, 5.41) is 1.56. The Morgan fingerprint density at radius 3 is 2.08 bits per heavy atom. The van der Waals surface area contributed by atoms with Crippen molar-refractivity contribution < 1.29 is 4.74 Å². The highest BCUT2D eigenvalue weighted by Gasteiger charge is 2.35. The fourth-order valence-corrected chi connectivity index (χ4v) is 8.67. The number of hydrogen-bond acceptors (Lipinski definition) is 1. The van der Waals surface area contributed by atoms with E-state index in [1.54, 1.807) is 12.3 Å². The second-order valence-electron chi connectivity index (χ2n) is 6.99. The summed E-state index contributed by atoms with van der Waals surface area (Å²) in [7, 11) is 0.221. The first-order valence-electron chi connectivity index (χ1n) is 10.1. The van der Waals surface area contributed by atoms with Crippen molar-refractivity contribution in [3.63, 3.8) is 0 Å². The molecule has 1 aromatic rings. The van der Waals surface area contributed by atoms with Crippen molar-refractivity contribution in [2.24, 2.45) is 0 Å². The molecule has 0 aromatic heterocycles. The molecule has 0 N–H and O–H groups in total. The maximum Gasteiger partial charge on any atom is 0.118 e. The molecule has 0 heterocycles. The van der Waals surface area contributed by atoms with Crippen LogP contribution in [0.4, 0.5) is 0 Å². The molecule has 1 aromatic carbocycles. The molecular formula is C22H37ClOSi. The number of allylic oxidation sites excluding steroid dienone is 2. The second-order valence-corrected chi connectivity index (χ2v) is 12.7. The molecule has 0 saturated carbocycles. The van der Waals surface area contributed by atoms with Gasteiger partial charge in [0.2, 0.25) is 0 Å². The average molecular weight is 381 g/mol. The van der Waals surface area contributed by atoms with Crippen LogP contribution >= 0.6 is 11.6 Å². The maximum atomic E-state index is 7.05. The topological polar surface area (TPSA) is 9.23 Å². The van der Waals surface area contributed by atoms with Crippen LogP contribution in [0, 0.1) is 0 Å². The van der Waals surface area contributed by atoms with Gasteiger partial charge in [0, 0.05) is 0 Å². The molecule has 0 bridgehead atoms. The zero-order valence-electron chi connectivity index (χ0n) is 16.9. The van der Waals surface area contributed by atoms with Gasteiger partial charge in [0.15, 0.2) is 0 Å². The zero-order valence-corrected chi connectivity index (χ0v) is 18.7. The molecule has 1 atom stereocenters. The second kappa shape index (κ2) is 11.8. The van der Waals surface area contributed by atoms with E-state index in [9.17, 15) is 0 Å². The summed E-state index contributed by atoms with van der Waals surface area (Å²) in [6.45, 7) is 9.36. The molecule has 0 aliphatic heterocycles. The summed E-state index contributed by atoms with van der Waals surface area (Å²) >= 11 is 7.05. The Kier molecular flexibility index (Phi) is 10.5. The van der Waals surface area contributed by atoms with Crippen molar-refractivity contribution in [1.29, 1.82) is 0 Å². The molecule has 1 nitrogen and oxygen atoms in total. The minimum Gasteiger partial charge on any atom is -0.497 e. The summed E-state index contributed by atoms with van der Waals surface area (Å²) in [5.74, 6) is 0.891. The van der Waals surface area contributed by atoms with Crippen molar-refractivity contribution in [3.05, 3.63) is 41.1 Å². The normalized spacial score (nSPS) is 13.8. The van der Waals surface area contributed by atoms with Gasteiger partial charge in [0.1, 0.15) is 5.75 Å². The van der Waals surface area contributed by atoms with Gasteiger partial charge in [-0.2, -0.15) is 0 Å². The average Bonchev–Trinajstić information content (AvgIpc) is 2.67. The number of hydrogen-bond donors (Lipinski definition) is 0. The minimum absolute atomic E-state index is 0.00333. The lowest BCUT2D eigenvalue weighted by atomic mass is 10.1. The quantitative estimate of drug-likeness (QED) is 0.203. The highest BCUT2D eigenvalue weighted by atomic mass is 35.5. The Hall–Kier alpha value is -0.733. The third-order valence-electron chi connectivity index (χ3n) is 5.75. The largest absolute Gasteiger partial charge is 0.497 e. The number of methoxy groups -OCH3 is 1. The van der Waals surface area contributed by atoms with Crippen molar-refractivity contribution >= 4 is 19.7 Å². The lowest BCUT2D eigenvalue weighted by Crippen LogP contribution is -2.36. The van der Waals surface area contributed by atoms with Crippen molar-refractivity contribution in [3.8, 4) is 5.75 Å². The third kappa shape index (κ3) is 6.18. The molecule has 0 amide bonds. The summed E-state index contributed by atoms with van der Waals surface area (Å²) in [6.07, 6.45) is 8.92. The first-order valence-corrected chi connectivity index (χ1v) is 13.1. The molecule has 3 heteroatoms. The van der Waals surface area contributed by atoms with Gasteiger partial charge in [-0.25, -0.2) is 0 Å². The number of rotatable bonds is 12. The molecule has 0 aliphatic rings. The SMILES string of the molecule is CCCCCC/C=C(/C(Cl)c1ccc(OC)cc1)[Si](CC)(CC)CC. The van der Waals surface area contributed by atoms with E-state index < -0.39 is 8.07 Å². The van der Waals surface area contributed by atoms with E-state index >= 15 is 0 Å². The van der Waals surface area contributed by atoms with Gasteiger partial charge in [-0.05, 0) is 30.5 Å². The van der Waals surface area contributed by atoms with Crippen LogP contribution in [-0.2, 0) is 0 Å². The van der Waals surface area contributed by atoms with Gasteiger partial charge in [0.25, 0.3) is 0 Å². The Bertz CT molecular complexity index is 497. The van der Waals surface area contributed by atoms with Gasteiger partial charge in [-0.3, -0.25) is 0 Å². The van der Waals surface area contributed by atoms with Gasteiger partial charge in [-0.15, -0.1) is 11.6 Å². The Morgan fingerprint density at radius 1 is 1.00 bits per heavy atom. The van der Waals surface area contributed by atoms with E-state index in [1.807, 2.05) is 12.1 Å². The molecule has 142 valence electrons. The predicted octanol–water partition coefficient (Wildman–Crippen LogP) is 7.92. The van der Waals surface area contributed by atoms with Crippen molar-refractivity contribution in [2.45, 2.75) is 83.3 Å². The minimum atomic E-state index is -1.49. The van der Waals surface area contributed by atoms with Crippen LogP contribution < -0.4 is 4.74 Å². The molecule has 0 radical (unpaired) electrons. The summed E-state index contributed by atoms with van der Waals surface area (Å²) in [4.78, 5) is 0. The van der Waals surface area contributed by atoms with Crippen LogP contribution in [0.15, 0.2) is 35.5 Å². The third-order valence-corrected chi connectivity index (χ3v) is 12.2. The number of alkyl halides is 1. The van der Waals surface area contributed by atoms with Gasteiger partial charge in [-0.1, -0.05) is 88.5 Å². The number of benzene rings is 1.